The minimum atomic E-state index is -1.27. The number of aromatic carboxylic acids is 1. The van der Waals surface area contributed by atoms with E-state index in [1.165, 1.54) is 36.4 Å². The first-order valence-corrected chi connectivity index (χ1v) is 7.56. The first-order valence-electron chi connectivity index (χ1n) is 6.75. The molecule has 0 aliphatic heterocycles. The molecule has 2 rings (SSSR count). The Morgan fingerprint density at radius 2 is 1.73 bits per heavy atom. The summed E-state index contributed by atoms with van der Waals surface area (Å²) in [7, 11) is 0. The SMILES string of the molecule is CC(=O)Nc1cc(C(=O)[O-])ccc1Sc1ccc(C)cc1C. The van der Waals surface area contributed by atoms with Gasteiger partial charge in [0, 0.05) is 16.7 Å². The Balaban J connectivity index is 2.40. The van der Waals surface area contributed by atoms with Crippen LogP contribution in [0.2, 0.25) is 0 Å². The highest BCUT2D eigenvalue weighted by Crippen LogP contribution is 2.36. The van der Waals surface area contributed by atoms with Gasteiger partial charge in [-0.05, 0) is 43.2 Å². The Bertz CT molecular complexity index is 741. The summed E-state index contributed by atoms with van der Waals surface area (Å²) in [6.07, 6.45) is 0. The predicted molar refractivity (Wildman–Crippen MR) is 85.1 cm³/mol. The average molecular weight is 314 g/mol. The third-order valence-electron chi connectivity index (χ3n) is 3.08. The topological polar surface area (TPSA) is 69.2 Å². The summed E-state index contributed by atoms with van der Waals surface area (Å²) in [5.41, 5.74) is 2.81. The van der Waals surface area contributed by atoms with E-state index in [0.717, 1.165) is 15.4 Å². The lowest BCUT2D eigenvalue weighted by Gasteiger charge is -2.13. The van der Waals surface area contributed by atoms with E-state index >= 15 is 0 Å². The fourth-order valence-electron chi connectivity index (χ4n) is 2.07. The third-order valence-corrected chi connectivity index (χ3v) is 4.33. The van der Waals surface area contributed by atoms with Crippen molar-refractivity contribution in [2.45, 2.75) is 30.6 Å². The first kappa shape index (κ1) is 16.1. The number of carbonyl (C=O) groups excluding carboxylic acids is 2. The number of aryl methyl sites for hydroxylation is 2. The van der Waals surface area contributed by atoms with Crippen molar-refractivity contribution in [1.29, 1.82) is 0 Å². The van der Waals surface area contributed by atoms with Gasteiger partial charge in [-0.2, -0.15) is 0 Å². The van der Waals surface area contributed by atoms with Gasteiger partial charge in [-0.3, -0.25) is 4.79 Å². The van der Waals surface area contributed by atoms with Gasteiger partial charge in [-0.1, -0.05) is 35.5 Å². The maximum Gasteiger partial charge on any atom is 0.221 e. The van der Waals surface area contributed by atoms with Gasteiger partial charge in [-0.15, -0.1) is 0 Å². The van der Waals surface area contributed by atoms with E-state index < -0.39 is 5.97 Å². The summed E-state index contributed by atoms with van der Waals surface area (Å²) < 4.78 is 0. The predicted octanol–water partition coefficient (Wildman–Crippen LogP) is 2.78. The molecule has 0 spiro atoms. The average Bonchev–Trinajstić information content (AvgIpc) is 2.42. The van der Waals surface area contributed by atoms with E-state index in [1.54, 1.807) is 6.07 Å². The second-order valence-electron chi connectivity index (χ2n) is 5.05. The maximum atomic E-state index is 11.3. The normalized spacial score (nSPS) is 10.3. The second-order valence-corrected chi connectivity index (χ2v) is 6.13. The standard InChI is InChI=1S/C17H17NO3S/c1-10-4-6-15(11(2)8-10)22-16-7-5-13(17(20)21)9-14(16)18-12(3)19/h4-9H,1-3H3,(H,18,19)(H,20,21)/p-1. The Morgan fingerprint density at radius 1 is 1.05 bits per heavy atom. The molecule has 0 aliphatic rings. The zero-order valence-electron chi connectivity index (χ0n) is 12.6. The van der Waals surface area contributed by atoms with Gasteiger partial charge in [0.05, 0.1) is 11.7 Å². The molecule has 2 aromatic carbocycles. The van der Waals surface area contributed by atoms with Gasteiger partial charge in [0.25, 0.3) is 0 Å². The Labute approximate surface area is 133 Å². The molecule has 114 valence electrons. The van der Waals surface area contributed by atoms with Gasteiger partial charge in [0.2, 0.25) is 5.91 Å². The summed E-state index contributed by atoms with van der Waals surface area (Å²) in [5.74, 6) is -1.52. The first-order chi connectivity index (χ1) is 10.4. The molecule has 0 saturated heterocycles. The van der Waals surface area contributed by atoms with Gasteiger partial charge < -0.3 is 15.2 Å². The van der Waals surface area contributed by atoms with Crippen molar-refractivity contribution in [2.24, 2.45) is 0 Å². The molecule has 0 aromatic heterocycles. The van der Waals surface area contributed by atoms with Crippen LogP contribution in [0.3, 0.4) is 0 Å². The number of hydrogen-bond acceptors (Lipinski definition) is 4. The Kier molecular flexibility index (Phi) is 4.88. The lowest BCUT2D eigenvalue weighted by Crippen LogP contribution is -2.22. The molecule has 1 amide bonds. The van der Waals surface area contributed by atoms with Gasteiger partial charge in [0.1, 0.15) is 0 Å². The Morgan fingerprint density at radius 3 is 2.32 bits per heavy atom. The number of amides is 1. The summed E-state index contributed by atoms with van der Waals surface area (Å²) in [4.78, 5) is 24.1. The number of carboxylic acid groups (broad SMARTS) is 1. The van der Waals surface area contributed by atoms with Crippen molar-refractivity contribution in [3.8, 4) is 0 Å². The Hall–Kier alpha value is -2.27. The summed E-state index contributed by atoms with van der Waals surface area (Å²) in [6, 6.07) is 10.7. The number of rotatable bonds is 4. The fraction of sp³-hybridized carbons (Fsp3) is 0.176. The summed E-state index contributed by atoms with van der Waals surface area (Å²) in [5, 5.41) is 13.6. The van der Waals surface area contributed by atoms with Crippen LogP contribution >= 0.6 is 11.8 Å². The monoisotopic (exact) mass is 314 g/mol. The molecular weight excluding hydrogens is 298 g/mol. The lowest BCUT2D eigenvalue weighted by atomic mass is 10.2. The van der Waals surface area contributed by atoms with Crippen molar-refractivity contribution < 1.29 is 14.7 Å². The molecule has 0 saturated carbocycles. The summed E-state index contributed by atoms with van der Waals surface area (Å²) in [6.45, 7) is 5.43. The van der Waals surface area contributed by atoms with Crippen molar-refractivity contribution in [3.05, 3.63) is 53.1 Å². The fourth-order valence-corrected chi connectivity index (χ4v) is 3.01. The van der Waals surface area contributed by atoms with Crippen LogP contribution in [0.25, 0.3) is 0 Å². The molecule has 0 heterocycles. The number of carboxylic acids is 1. The zero-order valence-corrected chi connectivity index (χ0v) is 13.4. The van der Waals surface area contributed by atoms with Crippen molar-refractivity contribution >= 4 is 29.3 Å². The van der Waals surface area contributed by atoms with Crippen LogP contribution in [-0.2, 0) is 4.79 Å². The zero-order chi connectivity index (χ0) is 16.3. The lowest BCUT2D eigenvalue weighted by molar-refractivity contribution is -0.255. The molecule has 4 nitrogen and oxygen atoms in total. The highest BCUT2D eigenvalue weighted by Gasteiger charge is 2.09. The molecule has 0 aliphatic carbocycles. The van der Waals surface area contributed by atoms with Crippen LogP contribution in [0.1, 0.15) is 28.4 Å². The molecular formula is C17H16NO3S-. The number of nitrogens with one attached hydrogen (secondary N) is 1. The molecule has 0 unspecified atom stereocenters. The molecule has 0 bridgehead atoms. The van der Waals surface area contributed by atoms with E-state index in [9.17, 15) is 14.7 Å². The van der Waals surface area contributed by atoms with Crippen molar-refractivity contribution in [2.75, 3.05) is 5.32 Å². The number of carbonyl (C=O) groups is 2. The molecule has 0 fully saturated rings. The van der Waals surface area contributed by atoms with Gasteiger partial charge >= 0.3 is 0 Å². The van der Waals surface area contributed by atoms with Crippen LogP contribution in [0.4, 0.5) is 5.69 Å². The second kappa shape index (κ2) is 6.66. The molecule has 0 radical (unpaired) electrons. The minimum absolute atomic E-state index is 0.0359. The smallest absolute Gasteiger partial charge is 0.221 e. The van der Waals surface area contributed by atoms with E-state index in [1.807, 2.05) is 26.0 Å². The van der Waals surface area contributed by atoms with Crippen LogP contribution in [-0.4, -0.2) is 11.9 Å². The number of hydrogen-bond donors (Lipinski definition) is 1. The third kappa shape index (κ3) is 3.89. The van der Waals surface area contributed by atoms with Crippen LogP contribution in [0.15, 0.2) is 46.2 Å². The van der Waals surface area contributed by atoms with Crippen LogP contribution in [0.5, 0.6) is 0 Å². The number of anilines is 1. The van der Waals surface area contributed by atoms with E-state index in [4.69, 9.17) is 0 Å². The highest BCUT2D eigenvalue weighted by molar-refractivity contribution is 7.99. The molecule has 2 aromatic rings. The molecule has 0 atom stereocenters. The van der Waals surface area contributed by atoms with Crippen molar-refractivity contribution in [1.82, 2.24) is 0 Å². The minimum Gasteiger partial charge on any atom is -0.545 e. The molecule has 5 heteroatoms. The molecule has 1 N–H and O–H groups in total. The van der Waals surface area contributed by atoms with Gasteiger partial charge in [0.15, 0.2) is 0 Å². The van der Waals surface area contributed by atoms with Crippen molar-refractivity contribution in [3.63, 3.8) is 0 Å². The largest absolute Gasteiger partial charge is 0.545 e. The summed E-state index contributed by atoms with van der Waals surface area (Å²) >= 11 is 1.48. The van der Waals surface area contributed by atoms with Gasteiger partial charge in [-0.25, -0.2) is 0 Å². The van der Waals surface area contributed by atoms with Crippen LogP contribution in [0, 0.1) is 13.8 Å². The van der Waals surface area contributed by atoms with E-state index in [2.05, 4.69) is 11.4 Å². The molecule has 22 heavy (non-hydrogen) atoms. The van der Waals surface area contributed by atoms with E-state index in [-0.39, 0.29) is 11.5 Å². The van der Waals surface area contributed by atoms with Crippen LogP contribution < -0.4 is 10.4 Å². The van der Waals surface area contributed by atoms with E-state index in [0.29, 0.717) is 5.69 Å². The maximum absolute atomic E-state index is 11.3. The number of benzene rings is 2. The quantitative estimate of drug-likeness (QED) is 0.942. The highest BCUT2D eigenvalue weighted by atomic mass is 32.2.